The Morgan fingerprint density at radius 2 is 1.96 bits per heavy atom. The first-order valence-electron chi connectivity index (χ1n) is 7.79. The van der Waals surface area contributed by atoms with E-state index >= 15 is 0 Å². The molecule has 0 saturated heterocycles. The zero-order valence-corrected chi connectivity index (χ0v) is 14.0. The number of fused-ring (bicyclic) bond motifs is 1. The molecule has 6 heteroatoms. The second-order valence-corrected chi connectivity index (χ2v) is 5.70. The van der Waals surface area contributed by atoms with E-state index in [9.17, 15) is 4.79 Å². The molecule has 3 rings (SSSR count). The molecule has 0 spiro atoms. The molecule has 0 unspecified atom stereocenters. The highest BCUT2D eigenvalue weighted by Gasteiger charge is 2.20. The summed E-state index contributed by atoms with van der Waals surface area (Å²) in [6, 6.07) is 12.4. The van der Waals surface area contributed by atoms with Gasteiger partial charge in [0, 0.05) is 11.8 Å². The number of carbonyl (C=O) groups is 1. The predicted molar refractivity (Wildman–Crippen MR) is 92.2 cm³/mol. The quantitative estimate of drug-likeness (QED) is 0.891. The second kappa shape index (κ2) is 7.45. The molecule has 1 aliphatic heterocycles. The molecule has 126 valence electrons. The van der Waals surface area contributed by atoms with E-state index in [1.807, 2.05) is 19.1 Å². The average Bonchev–Trinajstić information content (AvgIpc) is 2.61. The van der Waals surface area contributed by atoms with Gasteiger partial charge in [0.2, 0.25) is 0 Å². The minimum Gasteiger partial charge on any atom is -0.486 e. The zero-order valence-electron chi connectivity index (χ0n) is 13.3. The van der Waals surface area contributed by atoms with Gasteiger partial charge in [0.15, 0.2) is 17.6 Å². The summed E-state index contributed by atoms with van der Waals surface area (Å²) < 4.78 is 16.7. The van der Waals surface area contributed by atoms with E-state index in [1.54, 1.807) is 30.3 Å². The van der Waals surface area contributed by atoms with Crippen LogP contribution in [-0.4, -0.2) is 25.2 Å². The van der Waals surface area contributed by atoms with Gasteiger partial charge in [-0.05, 0) is 30.7 Å². The maximum atomic E-state index is 12.5. The predicted octanol–water partition coefficient (Wildman–Crippen LogP) is 3.91. The van der Waals surface area contributed by atoms with Gasteiger partial charge in [-0.2, -0.15) is 0 Å². The van der Waals surface area contributed by atoms with Crippen LogP contribution in [0.4, 0.5) is 5.69 Å². The van der Waals surface area contributed by atoms with Crippen molar-refractivity contribution in [3.05, 3.63) is 47.5 Å². The molecule has 2 aromatic carbocycles. The number of hydrogen-bond acceptors (Lipinski definition) is 4. The van der Waals surface area contributed by atoms with Crippen molar-refractivity contribution >= 4 is 23.2 Å². The third-order valence-corrected chi connectivity index (χ3v) is 3.89. The smallest absolute Gasteiger partial charge is 0.265 e. The summed E-state index contributed by atoms with van der Waals surface area (Å²) >= 11 is 6.08. The Balaban J connectivity index is 1.69. The fraction of sp³-hybridized carbons (Fsp3) is 0.278. The molecule has 0 aromatic heterocycles. The highest BCUT2D eigenvalue weighted by Crippen LogP contribution is 2.32. The molecular formula is C18H18ClNO4. The number of amides is 1. The average molecular weight is 348 g/mol. The summed E-state index contributed by atoms with van der Waals surface area (Å²) in [5.74, 6) is 1.55. The standard InChI is InChI=1S/C18H18ClNO4/c1-2-14(24-15-6-4-3-5-13(15)19)18(21)20-12-7-8-16-17(11-12)23-10-9-22-16/h3-8,11,14H,2,9-10H2,1H3,(H,20,21)/t14-/m1/s1. The van der Waals surface area contributed by atoms with Crippen LogP contribution in [0.2, 0.25) is 5.02 Å². The van der Waals surface area contributed by atoms with Crippen molar-refractivity contribution in [3.63, 3.8) is 0 Å². The molecule has 1 N–H and O–H groups in total. The van der Waals surface area contributed by atoms with E-state index in [2.05, 4.69) is 5.32 Å². The Labute approximate surface area is 145 Å². The number of para-hydroxylation sites is 1. The minimum absolute atomic E-state index is 0.242. The van der Waals surface area contributed by atoms with E-state index in [0.717, 1.165) is 0 Å². The summed E-state index contributed by atoms with van der Waals surface area (Å²) in [4.78, 5) is 12.5. The lowest BCUT2D eigenvalue weighted by Gasteiger charge is -2.20. The Hall–Kier alpha value is -2.40. The Morgan fingerprint density at radius 3 is 2.71 bits per heavy atom. The molecule has 1 heterocycles. The van der Waals surface area contributed by atoms with Crippen molar-refractivity contribution in [2.45, 2.75) is 19.4 Å². The lowest BCUT2D eigenvalue weighted by molar-refractivity contribution is -0.122. The van der Waals surface area contributed by atoms with E-state index in [4.69, 9.17) is 25.8 Å². The van der Waals surface area contributed by atoms with Gasteiger partial charge in [0.05, 0.1) is 5.02 Å². The van der Waals surface area contributed by atoms with Gasteiger partial charge in [-0.3, -0.25) is 4.79 Å². The second-order valence-electron chi connectivity index (χ2n) is 5.29. The number of halogens is 1. The Bertz CT molecular complexity index is 735. The van der Waals surface area contributed by atoms with Crippen LogP contribution in [0.15, 0.2) is 42.5 Å². The maximum Gasteiger partial charge on any atom is 0.265 e. The largest absolute Gasteiger partial charge is 0.486 e. The number of anilines is 1. The zero-order chi connectivity index (χ0) is 16.9. The fourth-order valence-corrected chi connectivity index (χ4v) is 2.54. The normalized spacial score (nSPS) is 13.9. The van der Waals surface area contributed by atoms with E-state index in [0.29, 0.717) is 47.6 Å². The van der Waals surface area contributed by atoms with Gasteiger partial charge in [-0.1, -0.05) is 30.7 Å². The molecule has 2 aromatic rings. The minimum atomic E-state index is -0.641. The number of rotatable bonds is 5. The molecule has 24 heavy (non-hydrogen) atoms. The topological polar surface area (TPSA) is 56.8 Å². The number of carbonyl (C=O) groups excluding carboxylic acids is 1. The van der Waals surface area contributed by atoms with Gasteiger partial charge in [0.1, 0.15) is 19.0 Å². The van der Waals surface area contributed by atoms with Crippen molar-refractivity contribution in [2.75, 3.05) is 18.5 Å². The van der Waals surface area contributed by atoms with Crippen LogP contribution in [0.5, 0.6) is 17.2 Å². The number of ether oxygens (including phenoxy) is 3. The van der Waals surface area contributed by atoms with Crippen LogP contribution in [-0.2, 0) is 4.79 Å². The van der Waals surface area contributed by atoms with Crippen molar-refractivity contribution in [2.24, 2.45) is 0 Å². The van der Waals surface area contributed by atoms with E-state index < -0.39 is 6.10 Å². The summed E-state index contributed by atoms with van der Waals surface area (Å²) in [5, 5.41) is 3.32. The monoisotopic (exact) mass is 347 g/mol. The van der Waals surface area contributed by atoms with Gasteiger partial charge in [0.25, 0.3) is 5.91 Å². The molecule has 1 amide bonds. The first kappa shape index (κ1) is 16.5. The lowest BCUT2D eigenvalue weighted by atomic mass is 10.2. The van der Waals surface area contributed by atoms with Crippen LogP contribution in [0.1, 0.15) is 13.3 Å². The van der Waals surface area contributed by atoms with E-state index in [1.165, 1.54) is 0 Å². The summed E-state index contributed by atoms with van der Waals surface area (Å²) in [6.07, 6.45) is -0.125. The highest BCUT2D eigenvalue weighted by molar-refractivity contribution is 6.32. The lowest BCUT2D eigenvalue weighted by Crippen LogP contribution is -2.32. The van der Waals surface area contributed by atoms with Crippen molar-refractivity contribution in [1.82, 2.24) is 0 Å². The van der Waals surface area contributed by atoms with Crippen molar-refractivity contribution in [3.8, 4) is 17.2 Å². The number of nitrogens with one attached hydrogen (secondary N) is 1. The third kappa shape index (κ3) is 3.74. The first-order chi connectivity index (χ1) is 11.7. The molecule has 1 atom stereocenters. The van der Waals surface area contributed by atoms with E-state index in [-0.39, 0.29) is 5.91 Å². The molecule has 0 fully saturated rings. The summed E-state index contributed by atoms with van der Waals surface area (Å²) in [7, 11) is 0. The first-order valence-corrected chi connectivity index (χ1v) is 8.17. The highest BCUT2D eigenvalue weighted by atomic mass is 35.5. The molecule has 0 radical (unpaired) electrons. The van der Waals surface area contributed by atoms with Crippen LogP contribution in [0, 0.1) is 0 Å². The van der Waals surface area contributed by atoms with Gasteiger partial charge in [-0.15, -0.1) is 0 Å². The van der Waals surface area contributed by atoms with Gasteiger partial charge in [-0.25, -0.2) is 0 Å². The van der Waals surface area contributed by atoms with Crippen molar-refractivity contribution < 1.29 is 19.0 Å². The van der Waals surface area contributed by atoms with Gasteiger partial charge < -0.3 is 19.5 Å². The third-order valence-electron chi connectivity index (χ3n) is 3.58. The molecular weight excluding hydrogens is 330 g/mol. The molecule has 0 saturated carbocycles. The molecule has 0 aliphatic carbocycles. The van der Waals surface area contributed by atoms with Crippen LogP contribution in [0.25, 0.3) is 0 Å². The maximum absolute atomic E-state index is 12.5. The molecule has 0 bridgehead atoms. The SMILES string of the molecule is CC[C@@H](Oc1ccccc1Cl)C(=O)Nc1ccc2c(c1)OCCO2. The van der Waals surface area contributed by atoms with Gasteiger partial charge >= 0.3 is 0 Å². The summed E-state index contributed by atoms with van der Waals surface area (Å²) in [5.41, 5.74) is 0.630. The number of benzene rings is 2. The van der Waals surface area contributed by atoms with Crippen LogP contribution >= 0.6 is 11.6 Å². The van der Waals surface area contributed by atoms with Crippen molar-refractivity contribution in [1.29, 1.82) is 0 Å². The summed E-state index contributed by atoms with van der Waals surface area (Å²) in [6.45, 7) is 2.91. The fourth-order valence-electron chi connectivity index (χ4n) is 2.36. The number of hydrogen-bond donors (Lipinski definition) is 1. The Kier molecular flexibility index (Phi) is 5.11. The van der Waals surface area contributed by atoms with Crippen LogP contribution in [0.3, 0.4) is 0 Å². The molecule has 5 nitrogen and oxygen atoms in total. The van der Waals surface area contributed by atoms with Crippen LogP contribution < -0.4 is 19.5 Å². The Morgan fingerprint density at radius 1 is 1.21 bits per heavy atom. The molecule has 1 aliphatic rings.